The molecule has 0 amide bonds. The van der Waals surface area contributed by atoms with Gasteiger partial charge in [0.15, 0.2) is 0 Å². The van der Waals surface area contributed by atoms with Crippen molar-refractivity contribution in [2.45, 2.75) is 46.4 Å². The number of hydrogen-bond donors (Lipinski definition) is 0. The first-order valence-electron chi connectivity index (χ1n) is 4.78. The second kappa shape index (κ2) is 4.51. The monoisotopic (exact) mass is 242 g/mol. The smallest absolute Gasteiger partial charge is 0.433 e. The van der Waals surface area contributed by atoms with Crippen molar-refractivity contribution in [3.8, 4) is 0 Å². The van der Waals surface area contributed by atoms with E-state index in [0.29, 0.717) is 0 Å². The molecule has 0 aromatic carbocycles. The Hall–Kier alpha value is -0.940. The van der Waals surface area contributed by atoms with Gasteiger partial charge in [0.25, 0.3) is 0 Å². The third-order valence-corrected chi connectivity index (χ3v) is 1.71. The van der Waals surface area contributed by atoms with E-state index in [1.54, 1.807) is 20.8 Å². The highest BCUT2D eigenvalue weighted by Crippen LogP contribution is 2.37. The number of halogens is 3. The first kappa shape index (κ1) is 15.1. The molecule has 0 heterocycles. The van der Waals surface area contributed by atoms with Crippen LogP contribution in [0.2, 0.25) is 0 Å². The van der Waals surface area contributed by atoms with E-state index in [2.05, 4.69) is 4.74 Å². The fourth-order valence-corrected chi connectivity index (χ4v) is 0.601. The van der Waals surface area contributed by atoms with Crippen molar-refractivity contribution in [1.82, 2.24) is 0 Å². The molecular weight excluding hydrogens is 225 g/mol. The van der Waals surface area contributed by atoms with Crippen molar-refractivity contribution in [3.05, 3.63) is 0 Å². The predicted molar refractivity (Wildman–Crippen MR) is 52.0 cm³/mol. The Morgan fingerprint density at radius 2 is 1.50 bits per heavy atom. The molecule has 0 rings (SSSR count). The lowest BCUT2D eigenvalue weighted by Crippen LogP contribution is -2.38. The standard InChI is InChI=1S/C10H17F3O3/c1-8(2,3)16-7(14)15-6-9(4,5)10(11,12)13/h6H2,1-5H3. The molecule has 0 bridgehead atoms. The summed E-state index contributed by atoms with van der Waals surface area (Å²) in [6.07, 6.45) is -5.51. The van der Waals surface area contributed by atoms with Crippen molar-refractivity contribution in [3.63, 3.8) is 0 Å². The van der Waals surface area contributed by atoms with Crippen LogP contribution in [0.4, 0.5) is 18.0 Å². The molecule has 3 nitrogen and oxygen atoms in total. The van der Waals surface area contributed by atoms with Crippen molar-refractivity contribution in [2.24, 2.45) is 5.41 Å². The third kappa shape index (κ3) is 5.23. The summed E-state index contributed by atoms with van der Waals surface area (Å²) in [5, 5.41) is 0. The minimum atomic E-state index is -4.42. The van der Waals surface area contributed by atoms with E-state index < -0.39 is 30.0 Å². The number of carbonyl (C=O) groups is 1. The van der Waals surface area contributed by atoms with Gasteiger partial charge in [-0.2, -0.15) is 13.2 Å². The largest absolute Gasteiger partial charge is 0.508 e. The van der Waals surface area contributed by atoms with Crippen molar-refractivity contribution < 1.29 is 27.4 Å². The van der Waals surface area contributed by atoms with Crippen LogP contribution < -0.4 is 0 Å². The van der Waals surface area contributed by atoms with Crippen LogP contribution in [0, 0.1) is 5.41 Å². The SMILES string of the molecule is CC(C)(C)OC(=O)OCC(C)(C)C(F)(F)F. The van der Waals surface area contributed by atoms with Gasteiger partial charge in [-0.3, -0.25) is 0 Å². The lowest BCUT2D eigenvalue weighted by atomic mass is 9.94. The average molecular weight is 242 g/mol. The predicted octanol–water partition coefficient (Wildman–Crippen LogP) is 3.53. The Kier molecular flexibility index (Phi) is 4.24. The molecule has 0 spiro atoms. The van der Waals surface area contributed by atoms with Crippen LogP contribution in [-0.2, 0) is 9.47 Å². The maximum Gasteiger partial charge on any atom is 0.508 e. The zero-order valence-electron chi connectivity index (χ0n) is 10.1. The van der Waals surface area contributed by atoms with Crippen LogP contribution in [0.25, 0.3) is 0 Å². The highest BCUT2D eigenvalue weighted by Gasteiger charge is 2.48. The van der Waals surface area contributed by atoms with Crippen LogP contribution in [-0.4, -0.2) is 24.5 Å². The first-order chi connectivity index (χ1) is 6.85. The lowest BCUT2D eigenvalue weighted by Gasteiger charge is -2.27. The van der Waals surface area contributed by atoms with E-state index in [1.807, 2.05) is 0 Å². The molecule has 0 radical (unpaired) electrons. The second-order valence-electron chi connectivity index (χ2n) is 5.13. The van der Waals surface area contributed by atoms with E-state index in [9.17, 15) is 18.0 Å². The Balaban J connectivity index is 4.22. The molecule has 0 aliphatic rings. The molecule has 0 aliphatic heterocycles. The van der Waals surface area contributed by atoms with Gasteiger partial charge in [0.2, 0.25) is 0 Å². The number of alkyl halides is 3. The van der Waals surface area contributed by atoms with Crippen molar-refractivity contribution in [1.29, 1.82) is 0 Å². The molecule has 0 saturated carbocycles. The molecule has 0 N–H and O–H groups in total. The zero-order valence-corrected chi connectivity index (χ0v) is 10.1. The Bertz CT molecular complexity index is 251. The lowest BCUT2D eigenvalue weighted by molar-refractivity contribution is -0.223. The summed E-state index contributed by atoms with van der Waals surface area (Å²) in [6, 6.07) is 0. The molecule has 16 heavy (non-hydrogen) atoms. The highest BCUT2D eigenvalue weighted by atomic mass is 19.4. The number of hydrogen-bond acceptors (Lipinski definition) is 3. The maximum absolute atomic E-state index is 12.4. The molecule has 0 saturated heterocycles. The fourth-order valence-electron chi connectivity index (χ4n) is 0.601. The quantitative estimate of drug-likeness (QED) is 0.695. The molecule has 0 atom stereocenters. The summed E-state index contributed by atoms with van der Waals surface area (Å²) >= 11 is 0. The summed E-state index contributed by atoms with van der Waals surface area (Å²) in [7, 11) is 0. The molecule has 6 heteroatoms. The summed E-state index contributed by atoms with van der Waals surface area (Å²) in [4.78, 5) is 11.0. The molecule has 0 unspecified atom stereocenters. The second-order valence-corrected chi connectivity index (χ2v) is 5.13. The Morgan fingerprint density at radius 3 is 1.81 bits per heavy atom. The van der Waals surface area contributed by atoms with Gasteiger partial charge in [-0.1, -0.05) is 0 Å². The first-order valence-corrected chi connectivity index (χ1v) is 4.78. The Labute approximate surface area is 92.9 Å². The van der Waals surface area contributed by atoms with Gasteiger partial charge < -0.3 is 9.47 Å². The molecule has 0 aliphatic carbocycles. The van der Waals surface area contributed by atoms with Gasteiger partial charge in [0.1, 0.15) is 12.2 Å². The topological polar surface area (TPSA) is 35.5 Å². The normalized spacial score (nSPS) is 13.5. The Morgan fingerprint density at radius 1 is 1.06 bits per heavy atom. The van der Waals surface area contributed by atoms with Gasteiger partial charge in [-0.05, 0) is 34.6 Å². The van der Waals surface area contributed by atoms with E-state index in [-0.39, 0.29) is 0 Å². The van der Waals surface area contributed by atoms with E-state index in [0.717, 1.165) is 13.8 Å². The van der Waals surface area contributed by atoms with Gasteiger partial charge in [-0.15, -0.1) is 0 Å². The highest BCUT2D eigenvalue weighted by molar-refractivity contribution is 5.60. The number of ether oxygens (including phenoxy) is 2. The van der Waals surface area contributed by atoms with E-state index in [1.165, 1.54) is 0 Å². The zero-order chi connectivity index (χ0) is 13.2. The third-order valence-electron chi connectivity index (χ3n) is 1.71. The summed E-state index contributed by atoms with van der Waals surface area (Å²) in [5.74, 6) is 0. The van der Waals surface area contributed by atoms with Crippen LogP contribution in [0.15, 0.2) is 0 Å². The fraction of sp³-hybridized carbons (Fsp3) is 0.900. The van der Waals surface area contributed by atoms with E-state index in [4.69, 9.17) is 4.74 Å². The minimum absolute atomic E-state index is 0.759. The van der Waals surface area contributed by atoms with Gasteiger partial charge in [0, 0.05) is 0 Å². The molecular formula is C10H17F3O3. The van der Waals surface area contributed by atoms with Crippen LogP contribution >= 0.6 is 0 Å². The van der Waals surface area contributed by atoms with Crippen LogP contribution in [0.3, 0.4) is 0 Å². The van der Waals surface area contributed by atoms with E-state index >= 15 is 0 Å². The number of rotatable bonds is 2. The van der Waals surface area contributed by atoms with Gasteiger partial charge in [0.05, 0.1) is 5.41 Å². The van der Waals surface area contributed by atoms with Gasteiger partial charge in [-0.25, -0.2) is 4.79 Å². The maximum atomic E-state index is 12.4. The summed E-state index contributed by atoms with van der Waals surface area (Å²) in [6.45, 7) is 5.95. The summed E-state index contributed by atoms with van der Waals surface area (Å²) in [5.41, 5.74) is -2.86. The van der Waals surface area contributed by atoms with Gasteiger partial charge >= 0.3 is 12.3 Å². The summed E-state index contributed by atoms with van der Waals surface area (Å²) < 4.78 is 46.3. The molecule has 0 aromatic heterocycles. The van der Waals surface area contributed by atoms with Crippen molar-refractivity contribution in [2.75, 3.05) is 6.61 Å². The van der Waals surface area contributed by atoms with Crippen molar-refractivity contribution >= 4 is 6.16 Å². The van der Waals surface area contributed by atoms with Crippen LogP contribution in [0.1, 0.15) is 34.6 Å². The minimum Gasteiger partial charge on any atom is -0.433 e. The van der Waals surface area contributed by atoms with Crippen LogP contribution in [0.5, 0.6) is 0 Å². The molecule has 96 valence electrons. The molecule has 0 fully saturated rings. The molecule has 0 aromatic rings. The number of carbonyl (C=O) groups excluding carboxylic acids is 1. The average Bonchev–Trinajstić information content (AvgIpc) is 1.95.